The summed E-state index contributed by atoms with van der Waals surface area (Å²) in [6.45, 7) is -0.131. The molecule has 0 saturated carbocycles. The van der Waals surface area contributed by atoms with Crippen molar-refractivity contribution >= 4 is 36.7 Å². The van der Waals surface area contributed by atoms with Crippen LogP contribution < -0.4 is 9.86 Å². The van der Waals surface area contributed by atoms with Gasteiger partial charge >= 0.3 is 10.2 Å². The van der Waals surface area contributed by atoms with Crippen LogP contribution in [0.4, 0.5) is 9.57 Å². The van der Waals surface area contributed by atoms with E-state index < -0.39 is 35.6 Å². The van der Waals surface area contributed by atoms with Gasteiger partial charge in [0.1, 0.15) is 0 Å². The zero-order valence-electron chi connectivity index (χ0n) is 16.3. The summed E-state index contributed by atoms with van der Waals surface area (Å²) in [5.74, 6) is 0. The maximum absolute atomic E-state index is 13.5. The van der Waals surface area contributed by atoms with Crippen LogP contribution >= 0.6 is 0 Å². The molecular formula is C21H16FN3O5S2. The molecule has 2 heterocycles. The number of rotatable bonds is 6. The molecule has 0 aliphatic heterocycles. The number of benzene rings is 2. The van der Waals surface area contributed by atoms with Gasteiger partial charge in [-0.3, -0.25) is 14.1 Å². The Labute approximate surface area is 183 Å². The largest absolute Gasteiger partial charge is 0.332 e. The van der Waals surface area contributed by atoms with Gasteiger partial charge in [-0.2, -0.15) is 8.42 Å². The van der Waals surface area contributed by atoms with Gasteiger partial charge in [0.2, 0.25) is 0 Å². The van der Waals surface area contributed by atoms with Crippen molar-refractivity contribution in [2.24, 2.45) is 0 Å². The summed E-state index contributed by atoms with van der Waals surface area (Å²) in [5, 5.41) is 0.893. The van der Waals surface area contributed by atoms with E-state index in [1.54, 1.807) is 24.3 Å². The fourth-order valence-corrected chi connectivity index (χ4v) is 5.28. The summed E-state index contributed by atoms with van der Waals surface area (Å²) < 4.78 is 64.2. The van der Waals surface area contributed by atoms with E-state index >= 15 is 0 Å². The number of hydrogen-bond acceptors (Lipinski definition) is 6. The van der Waals surface area contributed by atoms with Crippen LogP contribution in [0.1, 0.15) is 5.56 Å². The Hall–Kier alpha value is -3.57. The van der Waals surface area contributed by atoms with Gasteiger partial charge in [0.05, 0.1) is 22.0 Å². The predicted octanol–water partition coefficient (Wildman–Crippen LogP) is 2.98. The molecule has 0 saturated heterocycles. The number of aromatic nitrogens is 2. The lowest BCUT2D eigenvalue weighted by Gasteiger charge is -2.25. The third kappa shape index (κ3) is 4.25. The average Bonchev–Trinajstić information content (AvgIpc) is 2.78. The van der Waals surface area contributed by atoms with Crippen LogP contribution in [0.5, 0.6) is 0 Å². The molecule has 8 nitrogen and oxygen atoms in total. The molecule has 0 bridgehead atoms. The van der Waals surface area contributed by atoms with Crippen LogP contribution in [-0.4, -0.2) is 26.8 Å². The number of anilines is 1. The number of sulfonamides is 1. The topological polar surface area (TPSA) is 117 Å². The third-order valence-electron chi connectivity index (χ3n) is 4.80. The SMILES string of the molecule is O=c1[nH]ccc2ccc(N(Cc3ccncc3)S(=O)(=O)c3cccc(S(=O)(=O)F)c3)cc12. The third-order valence-corrected chi connectivity index (χ3v) is 7.38. The van der Waals surface area contributed by atoms with Gasteiger partial charge in [-0.1, -0.05) is 12.1 Å². The quantitative estimate of drug-likeness (QED) is 0.430. The fourth-order valence-electron chi connectivity index (χ4n) is 3.21. The molecule has 0 aliphatic rings. The van der Waals surface area contributed by atoms with E-state index in [-0.39, 0.29) is 17.6 Å². The van der Waals surface area contributed by atoms with E-state index in [4.69, 9.17) is 0 Å². The molecule has 2 aromatic heterocycles. The molecule has 0 unspecified atom stereocenters. The highest BCUT2D eigenvalue weighted by molar-refractivity contribution is 7.92. The van der Waals surface area contributed by atoms with Gasteiger partial charge < -0.3 is 4.98 Å². The van der Waals surface area contributed by atoms with Gasteiger partial charge in [-0.25, -0.2) is 8.42 Å². The molecule has 11 heteroatoms. The Morgan fingerprint density at radius 3 is 2.34 bits per heavy atom. The zero-order valence-corrected chi connectivity index (χ0v) is 18.0. The highest BCUT2D eigenvalue weighted by Gasteiger charge is 2.27. The lowest BCUT2D eigenvalue weighted by Crippen LogP contribution is -2.30. The molecule has 2 aromatic carbocycles. The van der Waals surface area contributed by atoms with Gasteiger partial charge in [0, 0.05) is 24.0 Å². The van der Waals surface area contributed by atoms with Crippen molar-refractivity contribution in [3.63, 3.8) is 0 Å². The van der Waals surface area contributed by atoms with Crippen molar-refractivity contribution in [2.45, 2.75) is 16.3 Å². The van der Waals surface area contributed by atoms with Crippen LogP contribution in [0, 0.1) is 0 Å². The summed E-state index contributed by atoms with van der Waals surface area (Å²) in [6.07, 6.45) is 4.49. The monoisotopic (exact) mass is 473 g/mol. The van der Waals surface area contributed by atoms with Gasteiger partial charge in [-0.05, 0) is 59.5 Å². The van der Waals surface area contributed by atoms with Gasteiger partial charge in [-0.15, -0.1) is 3.89 Å². The van der Waals surface area contributed by atoms with Crippen LogP contribution in [0.3, 0.4) is 0 Å². The summed E-state index contributed by atoms with van der Waals surface area (Å²) in [5.41, 5.74) is 0.385. The first-order valence-corrected chi connectivity index (χ1v) is 12.1. The van der Waals surface area contributed by atoms with Crippen molar-refractivity contribution in [3.8, 4) is 0 Å². The summed E-state index contributed by atoms with van der Waals surface area (Å²) in [4.78, 5) is 17.5. The minimum absolute atomic E-state index is 0.131. The number of H-pyrrole nitrogens is 1. The molecule has 0 aliphatic carbocycles. The Balaban J connectivity index is 1.90. The normalized spacial score (nSPS) is 12.0. The van der Waals surface area contributed by atoms with Crippen LogP contribution in [0.2, 0.25) is 0 Å². The van der Waals surface area contributed by atoms with Gasteiger partial charge in [0.15, 0.2) is 0 Å². The first-order valence-electron chi connectivity index (χ1n) is 9.24. The molecule has 0 fully saturated rings. The Bertz CT molecular complexity index is 1570. The van der Waals surface area contributed by atoms with Crippen molar-refractivity contribution in [1.82, 2.24) is 9.97 Å². The molecule has 0 atom stereocenters. The number of aromatic amines is 1. The Kier molecular flexibility index (Phi) is 5.53. The number of halogens is 1. The summed E-state index contributed by atoms with van der Waals surface area (Å²) >= 11 is 0. The number of fused-ring (bicyclic) bond motifs is 1. The fraction of sp³-hybridized carbons (Fsp3) is 0.0476. The minimum atomic E-state index is -5.11. The van der Waals surface area contributed by atoms with E-state index in [0.29, 0.717) is 10.9 Å². The highest BCUT2D eigenvalue weighted by atomic mass is 32.3. The summed E-state index contributed by atoms with van der Waals surface area (Å²) in [7, 11) is -9.45. The van der Waals surface area contributed by atoms with E-state index in [1.165, 1.54) is 36.8 Å². The van der Waals surface area contributed by atoms with Crippen molar-refractivity contribution in [2.75, 3.05) is 4.31 Å². The van der Waals surface area contributed by atoms with E-state index in [1.807, 2.05) is 0 Å². The van der Waals surface area contributed by atoms with Crippen LogP contribution in [0.25, 0.3) is 10.8 Å². The number of nitrogens with zero attached hydrogens (tertiary/aromatic N) is 2. The molecule has 164 valence electrons. The average molecular weight is 474 g/mol. The first kappa shape index (κ1) is 21.7. The smallest absolute Gasteiger partial charge is 0.329 e. The molecule has 32 heavy (non-hydrogen) atoms. The molecule has 1 N–H and O–H groups in total. The van der Waals surface area contributed by atoms with Gasteiger partial charge in [0.25, 0.3) is 15.6 Å². The number of hydrogen-bond donors (Lipinski definition) is 1. The van der Waals surface area contributed by atoms with E-state index in [9.17, 15) is 25.5 Å². The Morgan fingerprint density at radius 2 is 1.62 bits per heavy atom. The summed E-state index contributed by atoms with van der Waals surface area (Å²) in [6, 6.07) is 13.6. The van der Waals surface area contributed by atoms with Crippen molar-refractivity contribution in [3.05, 3.63) is 95.2 Å². The second-order valence-corrected chi connectivity index (χ2v) is 10.1. The number of nitrogens with one attached hydrogen (secondary N) is 1. The van der Waals surface area contributed by atoms with Crippen LogP contribution in [0.15, 0.2) is 93.8 Å². The molecule has 0 spiro atoms. The maximum atomic E-state index is 13.5. The highest BCUT2D eigenvalue weighted by Crippen LogP contribution is 2.29. The lowest BCUT2D eigenvalue weighted by molar-refractivity contribution is 0.551. The second-order valence-electron chi connectivity index (χ2n) is 6.86. The molecule has 4 rings (SSSR count). The standard InChI is InChI=1S/C21H16FN3O5S2/c22-31(27,28)18-2-1-3-19(13-18)32(29,30)25(14-15-6-9-23-10-7-15)17-5-4-16-8-11-24-21(26)20(16)12-17/h1-13H,14H2,(H,24,26). The Morgan fingerprint density at radius 1 is 0.906 bits per heavy atom. The van der Waals surface area contributed by atoms with Crippen molar-refractivity contribution < 1.29 is 20.7 Å². The minimum Gasteiger partial charge on any atom is -0.329 e. The molecule has 4 aromatic rings. The zero-order chi connectivity index (χ0) is 22.9. The number of pyridine rings is 2. The molecule has 0 amide bonds. The maximum Gasteiger partial charge on any atom is 0.332 e. The molecule has 0 radical (unpaired) electrons. The van der Waals surface area contributed by atoms with E-state index in [0.717, 1.165) is 22.5 Å². The van der Waals surface area contributed by atoms with Crippen LogP contribution in [-0.2, 0) is 26.8 Å². The van der Waals surface area contributed by atoms with Crippen molar-refractivity contribution in [1.29, 1.82) is 0 Å². The van der Waals surface area contributed by atoms with E-state index in [2.05, 4.69) is 9.97 Å². The molecular weight excluding hydrogens is 457 g/mol. The second kappa shape index (κ2) is 8.17. The predicted molar refractivity (Wildman–Crippen MR) is 117 cm³/mol. The first-order chi connectivity index (χ1) is 15.2. The lowest BCUT2D eigenvalue weighted by atomic mass is 10.1.